The van der Waals surface area contributed by atoms with Gasteiger partial charge in [-0.05, 0) is 36.8 Å². The Bertz CT molecular complexity index is 798. The maximum Gasteiger partial charge on any atom is 0.137 e. The number of nitrogens with zero attached hydrogens (tertiary/aromatic N) is 2. The topological polar surface area (TPSA) is 50.8 Å². The molecular weight excluding hydrogens is 298 g/mol. The molecule has 0 aliphatic carbocycles. The van der Waals surface area contributed by atoms with Gasteiger partial charge in [0, 0.05) is 12.1 Å². The lowest BCUT2D eigenvalue weighted by molar-refractivity contribution is 0.415. The zero-order chi connectivity index (χ0) is 15.5. The summed E-state index contributed by atoms with van der Waals surface area (Å²) in [6, 6.07) is 11.7. The molecule has 0 radical (unpaired) electrons. The van der Waals surface area contributed by atoms with Crippen molar-refractivity contribution >= 4 is 11.6 Å². The number of halogens is 1. The van der Waals surface area contributed by atoms with E-state index in [0.29, 0.717) is 17.2 Å². The summed E-state index contributed by atoms with van der Waals surface area (Å²) in [4.78, 5) is 12.2. The molecule has 0 amide bonds. The number of aromatic nitrogens is 3. The van der Waals surface area contributed by atoms with Gasteiger partial charge in [0.15, 0.2) is 0 Å². The summed E-state index contributed by atoms with van der Waals surface area (Å²) in [5, 5.41) is 0.604. The van der Waals surface area contributed by atoms with E-state index >= 15 is 0 Å². The fourth-order valence-electron chi connectivity index (χ4n) is 2.29. The zero-order valence-corrected chi connectivity index (χ0v) is 13.2. The Morgan fingerprint density at radius 3 is 2.82 bits per heavy atom. The van der Waals surface area contributed by atoms with Gasteiger partial charge in [-0.25, -0.2) is 4.98 Å². The number of hydrogen-bond acceptors (Lipinski definition) is 3. The average molecular weight is 314 g/mol. The van der Waals surface area contributed by atoms with Crippen molar-refractivity contribution in [2.75, 3.05) is 7.11 Å². The Morgan fingerprint density at radius 2 is 2.09 bits per heavy atom. The second kappa shape index (κ2) is 6.20. The summed E-state index contributed by atoms with van der Waals surface area (Å²) in [6.07, 6.45) is 2.48. The summed E-state index contributed by atoms with van der Waals surface area (Å²) in [5.41, 5.74) is 3.87. The Balaban J connectivity index is 1.81. The second-order valence-corrected chi connectivity index (χ2v) is 5.46. The quantitative estimate of drug-likeness (QED) is 0.791. The van der Waals surface area contributed by atoms with Crippen LogP contribution in [0.2, 0.25) is 5.02 Å². The van der Waals surface area contributed by atoms with Crippen molar-refractivity contribution in [3.63, 3.8) is 0 Å². The molecule has 4 nitrogen and oxygen atoms in total. The minimum atomic E-state index is 0.604. The van der Waals surface area contributed by atoms with Gasteiger partial charge >= 0.3 is 0 Å². The van der Waals surface area contributed by atoms with Crippen molar-refractivity contribution in [2.45, 2.75) is 13.3 Å². The van der Waals surface area contributed by atoms with E-state index in [-0.39, 0.29) is 0 Å². The van der Waals surface area contributed by atoms with Crippen LogP contribution in [-0.2, 0) is 6.42 Å². The summed E-state index contributed by atoms with van der Waals surface area (Å²) in [6.45, 7) is 1.97. The molecule has 0 bridgehead atoms. The first-order valence-corrected chi connectivity index (χ1v) is 7.34. The molecule has 2 heterocycles. The normalized spacial score (nSPS) is 10.7. The number of methoxy groups -OCH3 is 1. The van der Waals surface area contributed by atoms with Gasteiger partial charge in [0.25, 0.3) is 0 Å². The van der Waals surface area contributed by atoms with Gasteiger partial charge in [0.2, 0.25) is 0 Å². The SMILES string of the molecule is COc1ccc(Cc2ncc(-c3cccc(C)n3)[nH]2)cc1Cl. The maximum atomic E-state index is 6.15. The van der Waals surface area contributed by atoms with E-state index < -0.39 is 0 Å². The van der Waals surface area contributed by atoms with Crippen LogP contribution in [0.1, 0.15) is 17.1 Å². The molecular formula is C17H16ClN3O. The molecule has 0 spiro atoms. The van der Waals surface area contributed by atoms with Crippen LogP contribution in [0.25, 0.3) is 11.4 Å². The molecule has 0 unspecified atom stereocenters. The number of imidazole rings is 1. The van der Waals surface area contributed by atoms with Crippen LogP contribution >= 0.6 is 11.6 Å². The molecule has 0 atom stereocenters. The minimum Gasteiger partial charge on any atom is -0.495 e. The molecule has 3 aromatic rings. The Hall–Kier alpha value is -2.33. The highest BCUT2D eigenvalue weighted by molar-refractivity contribution is 6.32. The van der Waals surface area contributed by atoms with Crippen LogP contribution < -0.4 is 4.74 Å². The number of ether oxygens (including phenoxy) is 1. The Kier molecular flexibility index (Phi) is 4.11. The van der Waals surface area contributed by atoms with Gasteiger partial charge < -0.3 is 9.72 Å². The van der Waals surface area contributed by atoms with Gasteiger partial charge in [-0.15, -0.1) is 0 Å². The molecule has 1 aromatic carbocycles. The molecule has 0 aliphatic heterocycles. The second-order valence-electron chi connectivity index (χ2n) is 5.05. The maximum absolute atomic E-state index is 6.15. The van der Waals surface area contributed by atoms with Gasteiger partial charge in [-0.2, -0.15) is 0 Å². The molecule has 0 fully saturated rings. The number of pyridine rings is 1. The van der Waals surface area contributed by atoms with E-state index in [9.17, 15) is 0 Å². The van der Waals surface area contributed by atoms with Gasteiger partial charge in [0.05, 0.1) is 29.7 Å². The van der Waals surface area contributed by atoms with Crippen LogP contribution in [0.4, 0.5) is 0 Å². The van der Waals surface area contributed by atoms with Crippen LogP contribution in [0.3, 0.4) is 0 Å². The smallest absolute Gasteiger partial charge is 0.137 e. The van der Waals surface area contributed by atoms with Crippen molar-refractivity contribution in [3.8, 4) is 17.1 Å². The van der Waals surface area contributed by atoms with Crippen molar-refractivity contribution in [3.05, 3.63) is 64.7 Å². The van der Waals surface area contributed by atoms with Gasteiger partial charge in [-0.3, -0.25) is 4.98 Å². The molecule has 112 valence electrons. The number of benzene rings is 1. The largest absolute Gasteiger partial charge is 0.495 e. The summed E-state index contributed by atoms with van der Waals surface area (Å²) < 4.78 is 5.16. The van der Waals surface area contributed by atoms with E-state index in [0.717, 1.165) is 28.5 Å². The highest BCUT2D eigenvalue weighted by atomic mass is 35.5. The molecule has 0 saturated heterocycles. The molecule has 5 heteroatoms. The lowest BCUT2D eigenvalue weighted by atomic mass is 10.1. The Morgan fingerprint density at radius 1 is 1.23 bits per heavy atom. The minimum absolute atomic E-state index is 0.604. The Labute approximate surface area is 134 Å². The zero-order valence-electron chi connectivity index (χ0n) is 12.4. The summed E-state index contributed by atoms with van der Waals surface area (Å²) >= 11 is 6.15. The van der Waals surface area contributed by atoms with E-state index in [2.05, 4.69) is 15.0 Å². The molecule has 3 rings (SSSR count). The molecule has 2 aromatic heterocycles. The first kappa shape index (κ1) is 14.6. The summed E-state index contributed by atoms with van der Waals surface area (Å²) in [5.74, 6) is 1.55. The molecule has 0 saturated carbocycles. The monoisotopic (exact) mass is 313 g/mol. The number of aryl methyl sites for hydroxylation is 1. The fourth-order valence-corrected chi connectivity index (χ4v) is 2.57. The third kappa shape index (κ3) is 3.12. The highest BCUT2D eigenvalue weighted by Gasteiger charge is 2.07. The molecule has 22 heavy (non-hydrogen) atoms. The third-order valence-corrected chi connectivity index (χ3v) is 3.68. The van der Waals surface area contributed by atoms with Crippen LogP contribution in [0.15, 0.2) is 42.6 Å². The number of H-pyrrole nitrogens is 1. The number of aromatic amines is 1. The van der Waals surface area contributed by atoms with Gasteiger partial charge in [0.1, 0.15) is 11.6 Å². The van der Waals surface area contributed by atoms with E-state index in [1.54, 1.807) is 7.11 Å². The van der Waals surface area contributed by atoms with Crippen molar-refractivity contribution in [1.29, 1.82) is 0 Å². The lowest BCUT2D eigenvalue weighted by Gasteiger charge is -2.05. The summed E-state index contributed by atoms with van der Waals surface area (Å²) in [7, 11) is 1.61. The lowest BCUT2D eigenvalue weighted by Crippen LogP contribution is -1.93. The first-order chi connectivity index (χ1) is 10.7. The molecule has 1 N–H and O–H groups in total. The number of nitrogens with one attached hydrogen (secondary N) is 1. The highest BCUT2D eigenvalue weighted by Crippen LogP contribution is 2.26. The van der Waals surface area contributed by atoms with E-state index in [1.165, 1.54) is 0 Å². The van der Waals surface area contributed by atoms with Crippen molar-refractivity contribution < 1.29 is 4.74 Å². The van der Waals surface area contributed by atoms with Crippen molar-refractivity contribution in [1.82, 2.24) is 15.0 Å². The number of hydrogen-bond donors (Lipinski definition) is 1. The van der Waals surface area contributed by atoms with E-state index in [1.807, 2.05) is 49.5 Å². The third-order valence-electron chi connectivity index (χ3n) is 3.38. The fraction of sp³-hybridized carbons (Fsp3) is 0.176. The van der Waals surface area contributed by atoms with Crippen LogP contribution in [0, 0.1) is 6.92 Å². The standard InChI is InChI=1S/C17H16ClN3O/c1-11-4-3-5-14(20-11)15-10-19-17(21-15)9-12-6-7-16(22-2)13(18)8-12/h3-8,10H,9H2,1-2H3,(H,19,21). The number of rotatable bonds is 4. The predicted octanol–water partition coefficient (Wildman–Crippen LogP) is 4.03. The predicted molar refractivity (Wildman–Crippen MR) is 87.4 cm³/mol. The first-order valence-electron chi connectivity index (χ1n) is 6.96. The average Bonchev–Trinajstić information content (AvgIpc) is 2.96. The van der Waals surface area contributed by atoms with Gasteiger partial charge in [-0.1, -0.05) is 23.7 Å². The van der Waals surface area contributed by atoms with Crippen molar-refractivity contribution in [2.24, 2.45) is 0 Å². The molecule has 0 aliphatic rings. The van der Waals surface area contributed by atoms with Crippen LogP contribution in [-0.4, -0.2) is 22.1 Å². The van der Waals surface area contributed by atoms with E-state index in [4.69, 9.17) is 16.3 Å². The van der Waals surface area contributed by atoms with Crippen LogP contribution in [0.5, 0.6) is 5.75 Å².